The third-order valence-electron chi connectivity index (χ3n) is 4.14. The number of phenolic OH excluding ortho intramolecular Hbond substituents is 1. The Balaban J connectivity index is 2.08. The second-order valence-electron chi connectivity index (χ2n) is 6.18. The number of ketones is 1. The highest BCUT2D eigenvalue weighted by Crippen LogP contribution is 2.41. The number of aliphatic hydroxyl groups is 1. The van der Waals surface area contributed by atoms with E-state index in [0.717, 1.165) is 11.1 Å². The van der Waals surface area contributed by atoms with E-state index < -0.39 is 12.2 Å². The number of hydrogen-bond donors (Lipinski definition) is 2. The predicted molar refractivity (Wildman–Crippen MR) is 91.4 cm³/mol. The van der Waals surface area contributed by atoms with Crippen LogP contribution in [0.15, 0.2) is 54.1 Å². The van der Waals surface area contributed by atoms with Crippen LogP contribution in [0.5, 0.6) is 11.5 Å². The minimum Gasteiger partial charge on any atom is -0.508 e. The first-order chi connectivity index (χ1) is 11.5. The van der Waals surface area contributed by atoms with Crippen molar-refractivity contribution >= 4 is 5.78 Å². The Labute approximate surface area is 141 Å². The van der Waals surface area contributed by atoms with Gasteiger partial charge in [-0.2, -0.15) is 0 Å². The molecular weight excluding hydrogens is 304 g/mol. The summed E-state index contributed by atoms with van der Waals surface area (Å²) in [5.41, 5.74) is 2.70. The Morgan fingerprint density at radius 3 is 2.54 bits per heavy atom. The van der Waals surface area contributed by atoms with Crippen LogP contribution in [-0.4, -0.2) is 22.1 Å². The van der Waals surface area contributed by atoms with Crippen molar-refractivity contribution in [2.75, 3.05) is 0 Å². The summed E-state index contributed by atoms with van der Waals surface area (Å²) in [5, 5.41) is 20.6. The monoisotopic (exact) mass is 324 g/mol. The number of aliphatic hydroxyl groups excluding tert-OH is 1. The second kappa shape index (κ2) is 6.49. The summed E-state index contributed by atoms with van der Waals surface area (Å²) in [6.07, 6.45) is 0.382. The van der Waals surface area contributed by atoms with Gasteiger partial charge in [-0.15, -0.1) is 0 Å². The summed E-state index contributed by atoms with van der Waals surface area (Å²) >= 11 is 0. The Morgan fingerprint density at radius 2 is 1.88 bits per heavy atom. The van der Waals surface area contributed by atoms with Crippen LogP contribution in [0, 0.1) is 0 Å². The first kappa shape index (κ1) is 16.3. The summed E-state index contributed by atoms with van der Waals surface area (Å²) in [6, 6.07) is 12.1. The Hall–Kier alpha value is -2.59. The van der Waals surface area contributed by atoms with Gasteiger partial charge in [0.15, 0.2) is 18.0 Å². The number of aromatic hydroxyl groups is 1. The van der Waals surface area contributed by atoms with Gasteiger partial charge in [-0.3, -0.25) is 4.79 Å². The topological polar surface area (TPSA) is 66.8 Å². The van der Waals surface area contributed by atoms with Crippen LogP contribution < -0.4 is 4.74 Å². The first-order valence-corrected chi connectivity index (χ1v) is 7.91. The number of phenols is 1. The van der Waals surface area contributed by atoms with Gasteiger partial charge in [-0.05, 0) is 38.0 Å². The van der Waals surface area contributed by atoms with Gasteiger partial charge in [-0.25, -0.2) is 0 Å². The molecule has 0 unspecified atom stereocenters. The highest BCUT2D eigenvalue weighted by molar-refractivity contribution is 6.03. The van der Waals surface area contributed by atoms with Crippen molar-refractivity contribution < 1.29 is 19.7 Å². The fourth-order valence-corrected chi connectivity index (χ4v) is 2.83. The van der Waals surface area contributed by atoms with Crippen molar-refractivity contribution in [3.8, 4) is 11.5 Å². The highest BCUT2D eigenvalue weighted by Gasteiger charge is 2.38. The smallest absolute Gasteiger partial charge is 0.199 e. The molecule has 1 aliphatic heterocycles. The van der Waals surface area contributed by atoms with Gasteiger partial charge >= 0.3 is 0 Å². The van der Waals surface area contributed by atoms with Crippen LogP contribution in [0.1, 0.15) is 41.4 Å². The number of ether oxygens (including phenoxy) is 1. The maximum atomic E-state index is 12.6. The minimum absolute atomic E-state index is 0.0854. The van der Waals surface area contributed by atoms with E-state index in [1.165, 1.54) is 12.1 Å². The Morgan fingerprint density at radius 1 is 1.17 bits per heavy atom. The van der Waals surface area contributed by atoms with E-state index in [2.05, 4.69) is 0 Å². The van der Waals surface area contributed by atoms with Gasteiger partial charge in [0.25, 0.3) is 0 Å². The molecule has 1 aliphatic rings. The molecule has 4 nitrogen and oxygen atoms in total. The number of benzene rings is 2. The van der Waals surface area contributed by atoms with E-state index in [0.29, 0.717) is 23.3 Å². The van der Waals surface area contributed by atoms with Crippen LogP contribution in [-0.2, 0) is 6.42 Å². The number of fused-ring (bicyclic) bond motifs is 1. The molecule has 2 aromatic rings. The molecule has 0 aliphatic carbocycles. The molecule has 0 saturated carbocycles. The van der Waals surface area contributed by atoms with Crippen LogP contribution >= 0.6 is 0 Å². The lowest BCUT2D eigenvalue weighted by molar-refractivity contribution is 0.0211. The molecule has 0 bridgehead atoms. The lowest BCUT2D eigenvalue weighted by Gasteiger charge is -2.31. The molecule has 0 radical (unpaired) electrons. The summed E-state index contributed by atoms with van der Waals surface area (Å²) in [6.45, 7) is 3.93. The molecule has 124 valence electrons. The number of carbonyl (C=O) groups excluding carboxylic acids is 1. The Bertz CT molecular complexity index is 789. The van der Waals surface area contributed by atoms with Crippen LogP contribution in [0.4, 0.5) is 0 Å². The van der Waals surface area contributed by atoms with E-state index in [1.807, 2.05) is 50.3 Å². The van der Waals surface area contributed by atoms with E-state index >= 15 is 0 Å². The number of carbonyl (C=O) groups is 1. The van der Waals surface area contributed by atoms with Crippen molar-refractivity contribution in [1.82, 2.24) is 0 Å². The van der Waals surface area contributed by atoms with Gasteiger partial charge in [-0.1, -0.05) is 42.0 Å². The zero-order valence-corrected chi connectivity index (χ0v) is 13.7. The van der Waals surface area contributed by atoms with E-state index in [-0.39, 0.29) is 11.5 Å². The molecule has 2 N–H and O–H groups in total. The number of Topliss-reactive ketones (excluding diaryl/α,β-unsaturated/α-hetero) is 1. The average Bonchev–Trinajstić information content (AvgIpc) is 2.57. The van der Waals surface area contributed by atoms with Gasteiger partial charge < -0.3 is 14.9 Å². The molecular formula is C20H20O4. The number of rotatable bonds is 3. The lowest BCUT2D eigenvalue weighted by atomic mass is 9.91. The van der Waals surface area contributed by atoms with Crippen LogP contribution in [0.2, 0.25) is 0 Å². The zero-order chi connectivity index (χ0) is 17.3. The van der Waals surface area contributed by atoms with Crippen molar-refractivity contribution in [1.29, 1.82) is 0 Å². The standard InChI is InChI=1S/C20H20O4/c1-12(2)8-9-14-16(21)11-10-15-17(22)18(23)19(24-20(14)15)13-6-4-3-5-7-13/h3-8,10-11,18-19,21,23H,9H2,1-2H3/t18-,19+/m0/s1. The molecule has 0 saturated heterocycles. The van der Waals surface area contributed by atoms with Crippen molar-refractivity contribution in [2.45, 2.75) is 32.5 Å². The SMILES string of the molecule is CC(C)=CCc1c(O)ccc2c1O[C@H](c1ccccc1)[C@@H](O)C2=O. The van der Waals surface area contributed by atoms with Gasteiger partial charge in [0, 0.05) is 5.56 Å². The lowest BCUT2D eigenvalue weighted by Crippen LogP contribution is -2.36. The van der Waals surface area contributed by atoms with Gasteiger partial charge in [0.05, 0.1) is 5.56 Å². The number of hydrogen-bond acceptors (Lipinski definition) is 4. The van der Waals surface area contributed by atoms with Crippen molar-refractivity contribution in [3.05, 3.63) is 70.8 Å². The van der Waals surface area contributed by atoms with E-state index in [9.17, 15) is 15.0 Å². The molecule has 3 rings (SSSR count). The molecule has 0 fully saturated rings. The average molecular weight is 324 g/mol. The molecule has 4 heteroatoms. The molecule has 2 atom stereocenters. The zero-order valence-electron chi connectivity index (χ0n) is 13.7. The maximum absolute atomic E-state index is 12.6. The van der Waals surface area contributed by atoms with Crippen LogP contribution in [0.3, 0.4) is 0 Å². The van der Waals surface area contributed by atoms with Crippen molar-refractivity contribution in [3.63, 3.8) is 0 Å². The molecule has 0 aromatic heterocycles. The molecule has 24 heavy (non-hydrogen) atoms. The van der Waals surface area contributed by atoms with Gasteiger partial charge in [0.1, 0.15) is 11.5 Å². The largest absolute Gasteiger partial charge is 0.508 e. The minimum atomic E-state index is -1.26. The predicted octanol–water partition coefficient (Wildman–Crippen LogP) is 3.58. The quantitative estimate of drug-likeness (QED) is 0.847. The fraction of sp³-hybridized carbons (Fsp3) is 0.250. The van der Waals surface area contributed by atoms with Crippen LogP contribution in [0.25, 0.3) is 0 Å². The summed E-state index contributed by atoms with van der Waals surface area (Å²) in [5.74, 6) is 0.0578. The third-order valence-corrected chi connectivity index (χ3v) is 4.14. The summed E-state index contributed by atoms with van der Waals surface area (Å²) in [7, 11) is 0. The maximum Gasteiger partial charge on any atom is 0.199 e. The second-order valence-corrected chi connectivity index (χ2v) is 6.18. The summed E-state index contributed by atoms with van der Waals surface area (Å²) < 4.78 is 5.98. The van der Waals surface area contributed by atoms with Crippen molar-refractivity contribution in [2.24, 2.45) is 0 Å². The molecule has 0 amide bonds. The fourth-order valence-electron chi connectivity index (χ4n) is 2.83. The van der Waals surface area contributed by atoms with Gasteiger partial charge in [0.2, 0.25) is 0 Å². The highest BCUT2D eigenvalue weighted by atomic mass is 16.5. The molecule has 0 spiro atoms. The summed E-state index contributed by atoms with van der Waals surface area (Å²) in [4.78, 5) is 12.6. The third kappa shape index (κ3) is 2.93. The van der Waals surface area contributed by atoms with E-state index in [4.69, 9.17) is 4.74 Å². The molecule has 2 aromatic carbocycles. The first-order valence-electron chi connectivity index (χ1n) is 7.91. The Kier molecular flexibility index (Phi) is 4.40. The molecule has 1 heterocycles. The van der Waals surface area contributed by atoms with E-state index in [1.54, 1.807) is 0 Å². The number of allylic oxidation sites excluding steroid dienone is 2. The normalized spacial score (nSPS) is 19.4.